The van der Waals surface area contributed by atoms with Crippen LogP contribution in [0.2, 0.25) is 0 Å². The number of hydrogen-bond donors (Lipinski definition) is 4. The molecule has 1 aromatic heterocycles. The van der Waals surface area contributed by atoms with Gasteiger partial charge in [0.2, 0.25) is 0 Å². The molecule has 0 saturated carbocycles. The van der Waals surface area contributed by atoms with E-state index in [0.29, 0.717) is 13.2 Å². The van der Waals surface area contributed by atoms with Crippen molar-refractivity contribution >= 4 is 0 Å². The normalized spacial score (nSPS) is 26.8. The number of aliphatic hydroxyl groups excluding tert-OH is 2. The van der Waals surface area contributed by atoms with Gasteiger partial charge in [0, 0.05) is 18.9 Å². The zero-order valence-electron chi connectivity index (χ0n) is 13.5. The third-order valence-electron chi connectivity index (χ3n) is 4.03. The summed E-state index contributed by atoms with van der Waals surface area (Å²) in [5, 5.41) is 19.6. The van der Waals surface area contributed by atoms with E-state index >= 15 is 0 Å². The molecule has 0 spiro atoms. The minimum Gasteiger partial charge on any atom is -0.394 e. The smallest absolute Gasteiger partial charge is 0.330 e. The molecule has 0 aromatic carbocycles. The molecule has 1 aliphatic heterocycles. The second kappa shape index (κ2) is 9.09. The van der Waals surface area contributed by atoms with Crippen molar-refractivity contribution in [1.82, 2.24) is 9.55 Å². The fourth-order valence-corrected chi connectivity index (χ4v) is 2.72. The van der Waals surface area contributed by atoms with Crippen LogP contribution in [0.25, 0.3) is 0 Å². The van der Waals surface area contributed by atoms with Gasteiger partial charge in [0.05, 0.1) is 6.61 Å². The summed E-state index contributed by atoms with van der Waals surface area (Å²) in [6.45, 7) is 0.653. The van der Waals surface area contributed by atoms with Gasteiger partial charge in [-0.05, 0) is 19.4 Å². The van der Waals surface area contributed by atoms with Gasteiger partial charge < -0.3 is 25.4 Å². The third kappa shape index (κ3) is 4.52. The molecule has 2 rings (SSSR count). The maximum Gasteiger partial charge on any atom is 0.330 e. The van der Waals surface area contributed by atoms with E-state index in [0.717, 1.165) is 30.3 Å². The first-order valence-corrected chi connectivity index (χ1v) is 8.16. The lowest BCUT2D eigenvalue weighted by Crippen LogP contribution is -2.39. The van der Waals surface area contributed by atoms with Gasteiger partial charge in [0.1, 0.15) is 18.3 Å². The number of ether oxygens (including phenoxy) is 2. The van der Waals surface area contributed by atoms with Crippen molar-refractivity contribution in [3.63, 3.8) is 0 Å². The number of hydrogen-bond acceptors (Lipinski definition) is 7. The zero-order chi connectivity index (χ0) is 17.5. The minimum absolute atomic E-state index is 0.391. The Balaban J connectivity index is 2.04. The van der Waals surface area contributed by atoms with Crippen molar-refractivity contribution in [1.29, 1.82) is 0 Å². The monoisotopic (exact) mass is 343 g/mol. The van der Waals surface area contributed by atoms with E-state index in [1.807, 2.05) is 0 Å². The van der Waals surface area contributed by atoms with Gasteiger partial charge in [0.15, 0.2) is 6.23 Å². The predicted octanol–water partition coefficient (Wildman–Crippen LogP) is -1.31. The second-order valence-corrected chi connectivity index (χ2v) is 5.79. The molecule has 2 heterocycles. The second-order valence-electron chi connectivity index (χ2n) is 5.79. The fraction of sp³-hybridized carbons (Fsp3) is 0.733. The van der Waals surface area contributed by atoms with Crippen LogP contribution in [0, 0.1) is 0 Å². The van der Waals surface area contributed by atoms with Gasteiger partial charge in [-0.25, -0.2) is 4.79 Å². The van der Waals surface area contributed by atoms with Crippen LogP contribution in [0.15, 0.2) is 21.9 Å². The molecular formula is C15H25N3O6. The predicted molar refractivity (Wildman–Crippen MR) is 85.6 cm³/mol. The molecule has 0 radical (unpaired) electrons. The van der Waals surface area contributed by atoms with Gasteiger partial charge in [-0.1, -0.05) is 12.8 Å². The first-order valence-electron chi connectivity index (χ1n) is 8.16. The van der Waals surface area contributed by atoms with Crippen LogP contribution < -0.4 is 17.0 Å². The van der Waals surface area contributed by atoms with Crippen LogP contribution >= 0.6 is 0 Å². The first-order chi connectivity index (χ1) is 11.6. The quantitative estimate of drug-likeness (QED) is 0.408. The van der Waals surface area contributed by atoms with E-state index in [1.165, 1.54) is 12.3 Å². The number of H-pyrrole nitrogens is 1. The van der Waals surface area contributed by atoms with Crippen molar-refractivity contribution in [2.24, 2.45) is 5.73 Å². The molecule has 24 heavy (non-hydrogen) atoms. The lowest BCUT2D eigenvalue weighted by molar-refractivity contribution is -0.0749. The van der Waals surface area contributed by atoms with E-state index in [2.05, 4.69) is 4.98 Å². The van der Waals surface area contributed by atoms with E-state index in [1.54, 1.807) is 0 Å². The summed E-state index contributed by atoms with van der Waals surface area (Å²) >= 11 is 0. The number of nitrogens with zero attached hydrogens (tertiary/aromatic N) is 1. The molecule has 5 N–H and O–H groups in total. The van der Waals surface area contributed by atoms with E-state index in [4.69, 9.17) is 15.2 Å². The average molecular weight is 343 g/mol. The Morgan fingerprint density at radius 3 is 2.71 bits per heavy atom. The maximum atomic E-state index is 11.9. The molecule has 9 heteroatoms. The van der Waals surface area contributed by atoms with Crippen LogP contribution in [0.4, 0.5) is 0 Å². The first kappa shape index (κ1) is 18.8. The number of nitrogens with two attached hydrogens (primary N) is 1. The van der Waals surface area contributed by atoms with Crippen LogP contribution in [0.1, 0.15) is 31.9 Å². The SMILES string of the molecule is NCCCCCCO[C@@H]1[C@H](O)[C@@H](CO)O[C@H]1n1ccc(=O)[nH]c1=O. The molecule has 4 atom stereocenters. The van der Waals surface area contributed by atoms with Crippen LogP contribution in [-0.2, 0) is 9.47 Å². The molecule has 9 nitrogen and oxygen atoms in total. The Kier molecular flexibility index (Phi) is 7.13. The highest BCUT2D eigenvalue weighted by molar-refractivity contribution is 4.93. The lowest BCUT2D eigenvalue weighted by Gasteiger charge is -2.22. The molecule has 1 saturated heterocycles. The third-order valence-corrected chi connectivity index (χ3v) is 4.03. The molecule has 1 aromatic rings. The topological polar surface area (TPSA) is 140 Å². The largest absolute Gasteiger partial charge is 0.394 e. The van der Waals surface area contributed by atoms with Gasteiger partial charge >= 0.3 is 5.69 Å². The van der Waals surface area contributed by atoms with E-state index in [9.17, 15) is 19.8 Å². The molecule has 1 fully saturated rings. The lowest BCUT2D eigenvalue weighted by atomic mass is 10.1. The van der Waals surface area contributed by atoms with E-state index < -0.39 is 42.4 Å². The van der Waals surface area contributed by atoms with Crippen molar-refractivity contribution in [2.75, 3.05) is 19.8 Å². The van der Waals surface area contributed by atoms with E-state index in [-0.39, 0.29) is 0 Å². The highest BCUT2D eigenvalue weighted by atomic mass is 16.6. The van der Waals surface area contributed by atoms with Crippen molar-refractivity contribution in [3.8, 4) is 0 Å². The van der Waals surface area contributed by atoms with Crippen molar-refractivity contribution in [2.45, 2.75) is 50.2 Å². The number of unbranched alkanes of at least 4 members (excludes halogenated alkanes) is 3. The summed E-state index contributed by atoms with van der Waals surface area (Å²) in [6.07, 6.45) is 1.36. The Bertz CT molecular complexity index is 616. The maximum absolute atomic E-state index is 11.9. The van der Waals surface area contributed by atoms with Crippen molar-refractivity contribution < 1.29 is 19.7 Å². The summed E-state index contributed by atoms with van der Waals surface area (Å²) in [4.78, 5) is 25.3. The standard InChI is InChI=1S/C15H25N3O6/c16-6-3-1-2-4-8-23-13-12(21)10(9-19)24-14(13)18-7-5-11(20)17-15(18)22/h5,7,10,12-14,19,21H,1-4,6,8-9,16H2,(H,17,20,22)/t10-,12-,13-,14-/m1/s1. The summed E-state index contributed by atoms with van der Waals surface area (Å²) in [6, 6.07) is 1.19. The summed E-state index contributed by atoms with van der Waals surface area (Å²) < 4.78 is 12.4. The highest BCUT2D eigenvalue weighted by Gasteiger charge is 2.45. The summed E-state index contributed by atoms with van der Waals surface area (Å²) in [7, 11) is 0. The minimum atomic E-state index is -1.07. The average Bonchev–Trinajstić information content (AvgIpc) is 2.87. The summed E-state index contributed by atoms with van der Waals surface area (Å²) in [5.41, 5.74) is 4.26. The molecule has 0 amide bonds. The Morgan fingerprint density at radius 2 is 2.04 bits per heavy atom. The molecule has 136 valence electrons. The van der Waals surface area contributed by atoms with Crippen LogP contribution in [0.5, 0.6) is 0 Å². The fourth-order valence-electron chi connectivity index (χ4n) is 2.72. The van der Waals surface area contributed by atoms with Gasteiger partial charge in [-0.15, -0.1) is 0 Å². The van der Waals surface area contributed by atoms with Crippen LogP contribution in [-0.4, -0.2) is 57.8 Å². The molecule has 0 aliphatic carbocycles. The molecule has 1 aliphatic rings. The Labute approximate surface area is 139 Å². The summed E-state index contributed by atoms with van der Waals surface area (Å²) in [5.74, 6) is 0. The molecular weight excluding hydrogens is 318 g/mol. The number of rotatable bonds is 9. The van der Waals surface area contributed by atoms with Gasteiger partial charge in [0.25, 0.3) is 5.56 Å². The van der Waals surface area contributed by atoms with Crippen molar-refractivity contribution in [3.05, 3.63) is 33.1 Å². The molecule has 0 bridgehead atoms. The number of aromatic amines is 1. The zero-order valence-corrected chi connectivity index (χ0v) is 13.5. The van der Waals surface area contributed by atoms with Gasteiger partial charge in [-0.2, -0.15) is 0 Å². The highest BCUT2D eigenvalue weighted by Crippen LogP contribution is 2.30. The Hall–Kier alpha value is -1.52. The Morgan fingerprint density at radius 1 is 1.29 bits per heavy atom. The molecule has 0 unspecified atom stereocenters. The number of nitrogens with one attached hydrogen (secondary N) is 1. The number of aliphatic hydroxyl groups is 2. The number of aromatic nitrogens is 2. The van der Waals surface area contributed by atoms with Gasteiger partial charge in [-0.3, -0.25) is 14.3 Å². The van der Waals surface area contributed by atoms with Crippen LogP contribution in [0.3, 0.4) is 0 Å².